The number of hydrogen-bond acceptors (Lipinski definition) is 3. The molecular formula is C11H24O3. The van der Waals surface area contributed by atoms with E-state index in [0.717, 1.165) is 6.61 Å². The molecule has 0 saturated carbocycles. The molecule has 3 heteroatoms. The predicted octanol–water partition coefficient (Wildman–Crippen LogP) is 1.83. The van der Waals surface area contributed by atoms with Gasteiger partial charge in [0.25, 0.3) is 0 Å². The van der Waals surface area contributed by atoms with Gasteiger partial charge in [0.15, 0.2) is 0 Å². The van der Waals surface area contributed by atoms with E-state index in [9.17, 15) is 5.11 Å². The zero-order chi connectivity index (χ0) is 11.2. The van der Waals surface area contributed by atoms with Gasteiger partial charge in [-0.05, 0) is 26.7 Å². The highest BCUT2D eigenvalue weighted by Gasteiger charge is 2.14. The lowest BCUT2D eigenvalue weighted by molar-refractivity contribution is -0.0732. The average molecular weight is 204 g/mol. The summed E-state index contributed by atoms with van der Waals surface area (Å²) < 4.78 is 10.8. The van der Waals surface area contributed by atoms with Crippen LogP contribution in [0.3, 0.4) is 0 Å². The Morgan fingerprint density at radius 1 is 1.14 bits per heavy atom. The van der Waals surface area contributed by atoms with Crippen molar-refractivity contribution in [3.05, 3.63) is 0 Å². The van der Waals surface area contributed by atoms with Crippen molar-refractivity contribution in [2.45, 2.75) is 46.3 Å². The number of rotatable bonds is 7. The third-order valence-electron chi connectivity index (χ3n) is 1.52. The smallest absolute Gasteiger partial charge is 0.0824 e. The summed E-state index contributed by atoms with van der Waals surface area (Å²) >= 11 is 0. The molecule has 0 aliphatic heterocycles. The summed E-state index contributed by atoms with van der Waals surface area (Å²) in [5, 5.41) is 9.41. The van der Waals surface area contributed by atoms with Gasteiger partial charge >= 0.3 is 0 Å². The van der Waals surface area contributed by atoms with Gasteiger partial charge in [0.2, 0.25) is 0 Å². The minimum absolute atomic E-state index is 0.0418. The zero-order valence-corrected chi connectivity index (χ0v) is 10.0. The predicted molar refractivity (Wildman–Crippen MR) is 57.4 cm³/mol. The van der Waals surface area contributed by atoms with Gasteiger partial charge < -0.3 is 14.6 Å². The van der Waals surface area contributed by atoms with Crippen LogP contribution in [-0.4, -0.2) is 36.6 Å². The van der Waals surface area contributed by atoms with Gasteiger partial charge in [-0.3, -0.25) is 0 Å². The molecule has 1 unspecified atom stereocenters. The molecule has 14 heavy (non-hydrogen) atoms. The van der Waals surface area contributed by atoms with Gasteiger partial charge in [-0.25, -0.2) is 0 Å². The monoisotopic (exact) mass is 204 g/mol. The lowest BCUT2D eigenvalue weighted by Crippen LogP contribution is -2.30. The maximum Gasteiger partial charge on any atom is 0.0824 e. The van der Waals surface area contributed by atoms with Gasteiger partial charge in [0.05, 0.1) is 24.9 Å². The van der Waals surface area contributed by atoms with E-state index in [4.69, 9.17) is 9.47 Å². The van der Waals surface area contributed by atoms with E-state index >= 15 is 0 Å². The summed E-state index contributed by atoms with van der Waals surface area (Å²) in [7, 11) is 0. The maximum atomic E-state index is 9.41. The van der Waals surface area contributed by atoms with Gasteiger partial charge in [-0.2, -0.15) is 0 Å². The number of aliphatic hydroxyl groups is 1. The quantitative estimate of drug-likeness (QED) is 0.687. The van der Waals surface area contributed by atoms with Crippen molar-refractivity contribution in [2.75, 3.05) is 19.8 Å². The van der Waals surface area contributed by atoms with Crippen molar-refractivity contribution in [1.82, 2.24) is 0 Å². The fourth-order valence-corrected chi connectivity index (χ4v) is 0.864. The molecule has 3 nitrogen and oxygen atoms in total. The van der Waals surface area contributed by atoms with Crippen molar-refractivity contribution in [3.8, 4) is 0 Å². The van der Waals surface area contributed by atoms with E-state index < -0.39 is 5.60 Å². The topological polar surface area (TPSA) is 38.7 Å². The first-order valence-corrected chi connectivity index (χ1v) is 5.23. The first-order valence-electron chi connectivity index (χ1n) is 5.23. The molecule has 0 rings (SSSR count). The van der Waals surface area contributed by atoms with Crippen molar-refractivity contribution in [3.63, 3.8) is 0 Å². The second kappa shape index (κ2) is 6.38. The molecule has 86 valence electrons. The minimum Gasteiger partial charge on any atom is -0.388 e. The van der Waals surface area contributed by atoms with E-state index in [0.29, 0.717) is 19.1 Å². The first-order chi connectivity index (χ1) is 6.31. The Morgan fingerprint density at radius 3 is 2.14 bits per heavy atom. The first kappa shape index (κ1) is 13.9. The Balaban J connectivity index is 3.42. The van der Waals surface area contributed by atoms with E-state index in [2.05, 4.69) is 13.8 Å². The molecule has 0 aliphatic carbocycles. The van der Waals surface area contributed by atoms with Crippen LogP contribution in [0.5, 0.6) is 0 Å². The Morgan fingerprint density at radius 2 is 1.71 bits per heavy atom. The molecule has 1 N–H and O–H groups in total. The van der Waals surface area contributed by atoms with Crippen LogP contribution in [0.4, 0.5) is 0 Å². The van der Waals surface area contributed by atoms with Crippen molar-refractivity contribution >= 4 is 0 Å². The Bertz CT molecular complexity index is 138. The summed E-state index contributed by atoms with van der Waals surface area (Å²) in [6.45, 7) is 11.3. The lowest BCUT2D eigenvalue weighted by Gasteiger charge is -2.21. The van der Waals surface area contributed by atoms with Crippen LogP contribution < -0.4 is 0 Å². The molecule has 0 saturated heterocycles. The second-order valence-corrected chi connectivity index (χ2v) is 4.87. The Hall–Kier alpha value is -0.120. The van der Waals surface area contributed by atoms with Gasteiger partial charge in [0.1, 0.15) is 0 Å². The van der Waals surface area contributed by atoms with Crippen LogP contribution in [-0.2, 0) is 9.47 Å². The van der Waals surface area contributed by atoms with Crippen LogP contribution in [0.1, 0.15) is 34.6 Å². The van der Waals surface area contributed by atoms with E-state index in [1.807, 2.05) is 6.92 Å². The van der Waals surface area contributed by atoms with Crippen LogP contribution in [0, 0.1) is 5.92 Å². The molecule has 0 spiro atoms. The molecule has 0 amide bonds. The molecule has 0 fully saturated rings. The largest absolute Gasteiger partial charge is 0.388 e. The van der Waals surface area contributed by atoms with E-state index in [1.165, 1.54) is 0 Å². The summed E-state index contributed by atoms with van der Waals surface area (Å²) in [6, 6.07) is 0. The minimum atomic E-state index is -0.758. The fraction of sp³-hybridized carbons (Fsp3) is 1.00. The molecule has 0 aliphatic rings. The third kappa shape index (κ3) is 9.96. The number of hydrogen-bond donors (Lipinski definition) is 1. The van der Waals surface area contributed by atoms with E-state index in [-0.39, 0.29) is 6.10 Å². The summed E-state index contributed by atoms with van der Waals surface area (Å²) in [4.78, 5) is 0. The average Bonchev–Trinajstić information content (AvgIpc) is 1.99. The van der Waals surface area contributed by atoms with Crippen LogP contribution >= 0.6 is 0 Å². The molecule has 0 aromatic heterocycles. The second-order valence-electron chi connectivity index (χ2n) is 4.87. The maximum absolute atomic E-state index is 9.41. The standard InChI is InChI=1S/C11H24O3/c1-9(2)6-13-7-10(3)14-8-11(4,5)12/h9-10,12H,6-8H2,1-5H3. The lowest BCUT2D eigenvalue weighted by atomic mass is 10.2. The van der Waals surface area contributed by atoms with Crippen LogP contribution in [0.2, 0.25) is 0 Å². The summed E-state index contributed by atoms with van der Waals surface area (Å²) in [5.74, 6) is 0.552. The molecular weight excluding hydrogens is 180 g/mol. The molecule has 1 atom stereocenters. The van der Waals surface area contributed by atoms with Crippen molar-refractivity contribution in [1.29, 1.82) is 0 Å². The number of ether oxygens (including phenoxy) is 2. The van der Waals surface area contributed by atoms with Crippen molar-refractivity contribution in [2.24, 2.45) is 5.92 Å². The zero-order valence-electron chi connectivity index (χ0n) is 10.0. The van der Waals surface area contributed by atoms with Crippen molar-refractivity contribution < 1.29 is 14.6 Å². The highest BCUT2D eigenvalue weighted by Crippen LogP contribution is 2.04. The molecule has 0 aromatic rings. The highest BCUT2D eigenvalue weighted by atomic mass is 16.5. The van der Waals surface area contributed by atoms with Gasteiger partial charge in [-0.15, -0.1) is 0 Å². The normalized spacial score (nSPS) is 14.8. The van der Waals surface area contributed by atoms with Gasteiger partial charge in [0, 0.05) is 6.61 Å². The highest BCUT2D eigenvalue weighted by molar-refractivity contribution is 4.64. The summed E-state index contributed by atoms with van der Waals surface area (Å²) in [6.07, 6.45) is 0.0418. The molecule has 0 heterocycles. The van der Waals surface area contributed by atoms with Gasteiger partial charge in [-0.1, -0.05) is 13.8 Å². The Kier molecular flexibility index (Phi) is 6.33. The van der Waals surface area contributed by atoms with Crippen LogP contribution in [0.25, 0.3) is 0 Å². The SMILES string of the molecule is CC(C)COCC(C)OCC(C)(C)O. The summed E-state index contributed by atoms with van der Waals surface area (Å²) in [5.41, 5.74) is -0.758. The molecule has 0 aromatic carbocycles. The molecule has 0 radical (unpaired) electrons. The third-order valence-corrected chi connectivity index (χ3v) is 1.52. The van der Waals surface area contributed by atoms with Crippen LogP contribution in [0.15, 0.2) is 0 Å². The molecule has 0 bridgehead atoms. The van der Waals surface area contributed by atoms with E-state index in [1.54, 1.807) is 13.8 Å². The fourth-order valence-electron chi connectivity index (χ4n) is 0.864. The Labute approximate surface area is 87.4 Å².